The summed E-state index contributed by atoms with van der Waals surface area (Å²) >= 11 is -5.63. The Hall–Kier alpha value is -5.08. The van der Waals surface area contributed by atoms with Crippen LogP contribution in [0.25, 0.3) is 67.8 Å². The van der Waals surface area contributed by atoms with E-state index in [0.29, 0.717) is 0 Å². The average Bonchev–Trinajstić information content (AvgIpc) is 3.97. The number of rotatable bonds is 7. The Labute approximate surface area is 364 Å². The van der Waals surface area contributed by atoms with Crippen molar-refractivity contribution in [2.75, 3.05) is 0 Å². The molecule has 8 aromatic carbocycles. The molecule has 11 rings (SSSR count). The fourth-order valence-corrected chi connectivity index (χ4v) is 40.0. The van der Waals surface area contributed by atoms with E-state index in [9.17, 15) is 17.0 Å². The van der Waals surface area contributed by atoms with Crippen LogP contribution in [0.5, 0.6) is 0 Å². The first kappa shape index (κ1) is 37.9. The zero-order valence-electron chi connectivity index (χ0n) is 33.7. The van der Waals surface area contributed by atoms with E-state index in [1.165, 1.54) is 103 Å². The molecule has 2 aliphatic carbocycles. The number of hydrogen-bond acceptors (Lipinski definition) is 0. The molecule has 0 radical (unpaired) electrons. The van der Waals surface area contributed by atoms with E-state index in [2.05, 4.69) is 214 Å². The Bertz CT molecular complexity index is 2900. The van der Waals surface area contributed by atoms with Crippen LogP contribution in [0.2, 0.25) is 0 Å². The van der Waals surface area contributed by atoms with E-state index in [4.69, 9.17) is 0 Å². The third-order valence-electron chi connectivity index (χ3n) is 13.6. The monoisotopic (exact) mass is 903 g/mol. The number of halogens is 2. The maximum atomic E-state index is 9.23. The predicted octanol–water partition coefficient (Wildman–Crippen LogP) is 13.4. The minimum absolute atomic E-state index is 0.158. The van der Waals surface area contributed by atoms with Crippen LogP contribution in [-0.2, 0) is 16.4 Å². The van der Waals surface area contributed by atoms with Crippen molar-refractivity contribution in [2.45, 2.75) is 21.1 Å². The minimum atomic E-state index is -5.63. The third kappa shape index (κ3) is 5.72. The Balaban J connectivity index is 1.21. The van der Waals surface area contributed by atoms with Crippen LogP contribution in [0.4, 0.5) is 0 Å². The summed E-state index contributed by atoms with van der Waals surface area (Å²) in [4.78, 5) is 0. The van der Waals surface area contributed by atoms with Crippen molar-refractivity contribution in [1.29, 1.82) is 0 Å². The molecular weight excluding hydrogens is 863 g/mol. The molecule has 8 aromatic rings. The Kier molecular flexibility index (Phi) is 9.18. The molecule has 0 spiro atoms. The zero-order chi connectivity index (χ0) is 40.6. The van der Waals surface area contributed by atoms with E-state index >= 15 is 0 Å². The van der Waals surface area contributed by atoms with Crippen molar-refractivity contribution in [3.8, 4) is 55.6 Å². The normalized spacial score (nSPS) is 17.2. The van der Waals surface area contributed by atoms with Crippen LogP contribution in [0, 0.1) is 0 Å². The van der Waals surface area contributed by atoms with Gasteiger partial charge in [0.1, 0.15) is 0 Å². The topological polar surface area (TPSA) is 0 Å². The average molecular weight is 906 g/mol. The molecule has 0 N–H and O–H groups in total. The second-order valence-corrected chi connectivity index (χ2v) is 39.3. The molecule has 0 bridgehead atoms. The van der Waals surface area contributed by atoms with E-state index in [0.717, 1.165) is 0 Å². The van der Waals surface area contributed by atoms with E-state index in [-0.39, 0.29) is 7.25 Å². The first-order chi connectivity index (χ1) is 29.3. The van der Waals surface area contributed by atoms with Crippen LogP contribution in [-0.4, -0.2) is 9.52 Å². The van der Waals surface area contributed by atoms with E-state index in [1.807, 2.05) is 0 Å². The summed E-state index contributed by atoms with van der Waals surface area (Å²) in [6.45, 7) is 4.61. The second-order valence-electron chi connectivity index (χ2n) is 16.9. The molecule has 0 nitrogen and oxygen atoms in total. The molecule has 2 unspecified atom stereocenters. The summed E-state index contributed by atoms with van der Waals surface area (Å²) in [5, 5.41) is 2.91. The Morgan fingerprint density at radius 1 is 0.400 bits per heavy atom. The molecule has 1 heterocycles. The molecule has 0 aromatic heterocycles. The summed E-state index contributed by atoms with van der Waals surface area (Å²) in [7, 11) is 17.6. The van der Waals surface area contributed by atoms with Gasteiger partial charge in [-0.25, -0.2) is 0 Å². The molecule has 60 heavy (non-hydrogen) atoms. The molecular formula is C56H43Cl2SiZr. The van der Waals surface area contributed by atoms with Gasteiger partial charge in [-0.15, -0.1) is 0 Å². The molecule has 0 fully saturated rings. The molecule has 4 heteroatoms. The summed E-state index contributed by atoms with van der Waals surface area (Å²) in [6, 6.07) is 68.7. The van der Waals surface area contributed by atoms with Gasteiger partial charge in [-0.1, -0.05) is 0 Å². The van der Waals surface area contributed by atoms with Crippen LogP contribution >= 0.6 is 17.0 Å². The Morgan fingerprint density at radius 2 is 0.817 bits per heavy atom. The molecule has 0 saturated carbocycles. The molecule has 289 valence electrons. The second kappa shape index (κ2) is 14.5. The van der Waals surface area contributed by atoms with E-state index in [1.54, 1.807) is 0 Å². The summed E-state index contributed by atoms with van der Waals surface area (Å²) in [5.74, 6) is 0. The van der Waals surface area contributed by atoms with Gasteiger partial charge in [0.15, 0.2) is 0 Å². The van der Waals surface area contributed by atoms with Crippen molar-refractivity contribution in [3.05, 3.63) is 221 Å². The van der Waals surface area contributed by atoms with Crippen molar-refractivity contribution < 1.29 is 16.4 Å². The molecule has 2 atom stereocenters. The standard InChI is InChI=1S/2C22H17.C12H9Si.2ClH.Zr/c2*1-16-14-19-12-13-20(17-8-4-2-5-9-17)22(21(19)15-16)18-10-6-3-7-11-18;1-3-7-11-9(5-1)10-6-2-4-8-12(10)13-11;;;/h2*2-15H,1H3;1-7H,13H2;2*1H;/q;;;;;+2/p-2. The summed E-state index contributed by atoms with van der Waals surface area (Å²) in [5.41, 5.74) is 19.9. The number of hydrogen-bond donors (Lipinski definition) is 0. The van der Waals surface area contributed by atoms with Crippen molar-refractivity contribution in [1.82, 2.24) is 0 Å². The number of allylic oxidation sites excluding steroid dienone is 2. The van der Waals surface area contributed by atoms with Crippen molar-refractivity contribution in [3.63, 3.8) is 0 Å². The first-order valence-corrected chi connectivity index (χ1v) is 32.8. The third-order valence-corrected chi connectivity index (χ3v) is 36.8. The van der Waals surface area contributed by atoms with Gasteiger partial charge in [0, 0.05) is 0 Å². The van der Waals surface area contributed by atoms with Gasteiger partial charge in [0.25, 0.3) is 0 Å². The molecule has 0 amide bonds. The van der Waals surface area contributed by atoms with Gasteiger partial charge in [0.05, 0.1) is 0 Å². The zero-order valence-corrected chi connectivity index (χ0v) is 39.1. The SMILES string of the molecule is CC1=Cc2c(ccc(-c3ccccc3)c2-c2ccccc2)[CH]1[Zr]([Cl])([Cl])([c]1cccc2c1[SiH2]c1ccccc1-2)[CH]1C(C)=Cc2c1ccc(-c1ccccc1)c2-c1ccccc1. The van der Waals surface area contributed by atoms with Crippen LogP contribution in [0.3, 0.4) is 0 Å². The van der Waals surface area contributed by atoms with Gasteiger partial charge in [0.2, 0.25) is 0 Å². The van der Waals surface area contributed by atoms with Crippen LogP contribution in [0.15, 0.2) is 199 Å². The first-order valence-electron chi connectivity index (χ1n) is 21.0. The van der Waals surface area contributed by atoms with Crippen LogP contribution < -0.4 is 13.6 Å². The maximum absolute atomic E-state index is 9.23. The summed E-state index contributed by atoms with van der Waals surface area (Å²) in [6.07, 6.45) is 4.87. The van der Waals surface area contributed by atoms with E-state index < -0.39 is 25.9 Å². The molecule has 3 aliphatic rings. The fourth-order valence-electron chi connectivity index (χ4n) is 11.2. The number of fused-ring (bicyclic) bond motifs is 5. The predicted molar refractivity (Wildman–Crippen MR) is 258 cm³/mol. The van der Waals surface area contributed by atoms with Crippen molar-refractivity contribution >= 4 is 52.3 Å². The van der Waals surface area contributed by atoms with Gasteiger partial charge in [-0.2, -0.15) is 0 Å². The number of benzene rings is 8. The Morgan fingerprint density at radius 3 is 1.30 bits per heavy atom. The van der Waals surface area contributed by atoms with Gasteiger partial charge in [-0.3, -0.25) is 0 Å². The van der Waals surface area contributed by atoms with Gasteiger partial charge < -0.3 is 0 Å². The quantitative estimate of drug-likeness (QED) is 0.140. The molecule has 1 aliphatic heterocycles. The fraction of sp³-hybridized carbons (Fsp3) is 0.0714. The van der Waals surface area contributed by atoms with Gasteiger partial charge >= 0.3 is 367 Å². The summed E-state index contributed by atoms with van der Waals surface area (Å²) < 4.78 is 0.933. The van der Waals surface area contributed by atoms with Gasteiger partial charge in [-0.05, 0) is 0 Å². The van der Waals surface area contributed by atoms with Crippen molar-refractivity contribution in [2.24, 2.45) is 0 Å². The molecule has 0 saturated heterocycles. The van der Waals surface area contributed by atoms with Crippen LogP contribution in [0.1, 0.15) is 43.4 Å².